The zero-order valence-electron chi connectivity index (χ0n) is 15.8. The smallest absolute Gasteiger partial charge is 0.308 e. The summed E-state index contributed by atoms with van der Waals surface area (Å²) in [6.07, 6.45) is 6.66. The number of rotatable bonds is 4. The lowest BCUT2D eigenvalue weighted by Crippen LogP contribution is -2.55. The summed E-state index contributed by atoms with van der Waals surface area (Å²) in [5, 5.41) is 12.5. The molecule has 1 heterocycles. The standard InChI is InChI=1S/C21H26N2O4/c1-14(24)23-12-10-15-7-3-4-8-16(15)18(23)13-19(25)22-21(2)11-6-5-9-17(21)20(26)27/h3-4,7-8,10,12,17-18H,5-6,9,11,13H2,1-2H3,(H,22,25)(H,26,27). The first-order chi connectivity index (χ1) is 12.8. The molecule has 6 heteroatoms. The summed E-state index contributed by atoms with van der Waals surface area (Å²) in [5.74, 6) is -1.82. The molecule has 1 aromatic rings. The minimum absolute atomic E-state index is 0.100. The van der Waals surface area contributed by atoms with Gasteiger partial charge in [0.1, 0.15) is 0 Å². The number of amides is 2. The van der Waals surface area contributed by atoms with E-state index in [9.17, 15) is 19.5 Å². The molecule has 0 spiro atoms. The fourth-order valence-electron chi connectivity index (χ4n) is 4.34. The van der Waals surface area contributed by atoms with Crippen molar-refractivity contribution in [2.24, 2.45) is 5.92 Å². The van der Waals surface area contributed by atoms with E-state index >= 15 is 0 Å². The number of benzene rings is 1. The molecule has 3 atom stereocenters. The minimum atomic E-state index is -0.867. The average molecular weight is 370 g/mol. The third-order valence-corrected chi connectivity index (χ3v) is 5.78. The number of fused-ring (bicyclic) bond motifs is 1. The first kappa shape index (κ1) is 19.1. The molecule has 1 aliphatic heterocycles. The number of carbonyl (C=O) groups excluding carboxylic acids is 2. The van der Waals surface area contributed by atoms with E-state index < -0.39 is 17.4 Å². The molecule has 2 N–H and O–H groups in total. The Labute approximate surface area is 159 Å². The Morgan fingerprint density at radius 1 is 1.26 bits per heavy atom. The van der Waals surface area contributed by atoms with Gasteiger partial charge < -0.3 is 15.3 Å². The van der Waals surface area contributed by atoms with Crippen molar-refractivity contribution in [1.29, 1.82) is 0 Å². The topological polar surface area (TPSA) is 86.7 Å². The van der Waals surface area contributed by atoms with Crippen LogP contribution in [0.4, 0.5) is 0 Å². The summed E-state index contributed by atoms with van der Waals surface area (Å²) in [6.45, 7) is 3.30. The lowest BCUT2D eigenvalue weighted by Gasteiger charge is -2.40. The summed E-state index contributed by atoms with van der Waals surface area (Å²) in [4.78, 5) is 38.1. The first-order valence-electron chi connectivity index (χ1n) is 9.41. The van der Waals surface area contributed by atoms with Crippen molar-refractivity contribution in [2.45, 2.75) is 57.5 Å². The predicted octanol–water partition coefficient (Wildman–Crippen LogP) is 3.10. The number of nitrogens with one attached hydrogen (secondary N) is 1. The molecule has 1 aliphatic carbocycles. The monoisotopic (exact) mass is 370 g/mol. The SMILES string of the molecule is CC(=O)N1C=Cc2ccccc2C1CC(=O)NC1(C)CCCCC1C(=O)O. The van der Waals surface area contributed by atoms with Crippen LogP contribution in [0.25, 0.3) is 6.08 Å². The molecule has 6 nitrogen and oxygen atoms in total. The molecule has 27 heavy (non-hydrogen) atoms. The Morgan fingerprint density at radius 3 is 2.70 bits per heavy atom. The highest BCUT2D eigenvalue weighted by Crippen LogP contribution is 2.36. The van der Waals surface area contributed by atoms with Crippen LogP contribution in [-0.2, 0) is 14.4 Å². The van der Waals surface area contributed by atoms with Gasteiger partial charge in [-0.05, 0) is 37.0 Å². The largest absolute Gasteiger partial charge is 0.481 e. The fraction of sp³-hybridized carbons (Fsp3) is 0.476. The molecule has 0 saturated heterocycles. The Morgan fingerprint density at radius 2 is 2.00 bits per heavy atom. The molecular weight excluding hydrogens is 344 g/mol. The highest BCUT2D eigenvalue weighted by molar-refractivity contribution is 5.83. The van der Waals surface area contributed by atoms with Crippen molar-refractivity contribution >= 4 is 23.9 Å². The zero-order valence-corrected chi connectivity index (χ0v) is 15.8. The summed E-state index contributed by atoms with van der Waals surface area (Å²) in [6, 6.07) is 7.31. The summed E-state index contributed by atoms with van der Waals surface area (Å²) in [5.41, 5.74) is 1.15. The van der Waals surface area contributed by atoms with Crippen LogP contribution < -0.4 is 5.32 Å². The maximum Gasteiger partial charge on any atom is 0.308 e. The van der Waals surface area contributed by atoms with E-state index in [1.807, 2.05) is 37.3 Å². The lowest BCUT2D eigenvalue weighted by molar-refractivity contribution is -0.146. The second-order valence-electron chi connectivity index (χ2n) is 7.69. The van der Waals surface area contributed by atoms with E-state index in [2.05, 4.69) is 5.32 Å². The molecule has 0 aromatic heterocycles. The Balaban J connectivity index is 1.80. The Bertz CT molecular complexity index is 788. The highest BCUT2D eigenvalue weighted by Gasteiger charge is 2.42. The van der Waals surface area contributed by atoms with Gasteiger partial charge in [0.25, 0.3) is 0 Å². The van der Waals surface area contributed by atoms with Crippen LogP contribution in [0.5, 0.6) is 0 Å². The third-order valence-electron chi connectivity index (χ3n) is 5.78. The summed E-state index contributed by atoms with van der Waals surface area (Å²) in [7, 11) is 0. The van der Waals surface area contributed by atoms with Gasteiger partial charge in [0, 0.05) is 13.1 Å². The van der Waals surface area contributed by atoms with Crippen LogP contribution in [0.1, 0.15) is 63.1 Å². The van der Waals surface area contributed by atoms with E-state index in [1.165, 1.54) is 6.92 Å². The number of hydrogen-bond acceptors (Lipinski definition) is 3. The van der Waals surface area contributed by atoms with Crippen LogP contribution >= 0.6 is 0 Å². The maximum atomic E-state index is 12.9. The van der Waals surface area contributed by atoms with Gasteiger partial charge in [-0.15, -0.1) is 0 Å². The normalized spacial score (nSPS) is 27.0. The molecule has 2 aliphatic rings. The molecule has 1 fully saturated rings. The maximum absolute atomic E-state index is 12.9. The van der Waals surface area contributed by atoms with Crippen molar-refractivity contribution < 1.29 is 19.5 Å². The first-order valence-corrected chi connectivity index (χ1v) is 9.41. The van der Waals surface area contributed by atoms with Crippen molar-refractivity contribution in [3.8, 4) is 0 Å². The number of hydrogen-bond donors (Lipinski definition) is 2. The molecule has 3 unspecified atom stereocenters. The summed E-state index contributed by atoms with van der Waals surface area (Å²) >= 11 is 0. The number of carboxylic acid groups (broad SMARTS) is 1. The van der Waals surface area contributed by atoms with Gasteiger partial charge in [-0.1, -0.05) is 37.1 Å². The Hall–Kier alpha value is -2.63. The van der Waals surface area contributed by atoms with Gasteiger partial charge >= 0.3 is 5.97 Å². The van der Waals surface area contributed by atoms with Gasteiger partial charge in [-0.3, -0.25) is 14.4 Å². The van der Waals surface area contributed by atoms with E-state index in [1.54, 1.807) is 11.1 Å². The molecule has 1 aromatic carbocycles. The van der Waals surface area contributed by atoms with Gasteiger partial charge in [0.15, 0.2) is 0 Å². The van der Waals surface area contributed by atoms with Gasteiger partial charge in [0.2, 0.25) is 11.8 Å². The van der Waals surface area contributed by atoms with Gasteiger partial charge in [-0.25, -0.2) is 0 Å². The van der Waals surface area contributed by atoms with Crippen molar-refractivity contribution in [1.82, 2.24) is 10.2 Å². The van der Waals surface area contributed by atoms with E-state index in [0.717, 1.165) is 24.0 Å². The van der Waals surface area contributed by atoms with E-state index in [0.29, 0.717) is 12.8 Å². The van der Waals surface area contributed by atoms with Gasteiger partial charge in [0.05, 0.1) is 23.9 Å². The zero-order chi connectivity index (χ0) is 19.6. The molecule has 0 radical (unpaired) electrons. The molecule has 2 amide bonds. The number of aliphatic carboxylic acids is 1. The van der Waals surface area contributed by atoms with Crippen LogP contribution in [0, 0.1) is 5.92 Å². The molecule has 0 bridgehead atoms. The Kier molecular flexibility index (Phi) is 5.35. The number of nitrogens with zero attached hydrogens (tertiary/aromatic N) is 1. The number of carboxylic acids is 1. The van der Waals surface area contributed by atoms with Crippen molar-refractivity contribution in [3.05, 3.63) is 41.6 Å². The molecular formula is C21H26N2O4. The summed E-state index contributed by atoms with van der Waals surface area (Å²) < 4.78 is 0. The van der Waals surface area contributed by atoms with Crippen molar-refractivity contribution in [2.75, 3.05) is 0 Å². The van der Waals surface area contributed by atoms with E-state index in [4.69, 9.17) is 0 Å². The average Bonchev–Trinajstić information content (AvgIpc) is 2.61. The molecule has 1 saturated carbocycles. The second-order valence-corrected chi connectivity index (χ2v) is 7.69. The highest BCUT2D eigenvalue weighted by atomic mass is 16.4. The lowest BCUT2D eigenvalue weighted by atomic mass is 9.73. The third kappa shape index (κ3) is 3.89. The van der Waals surface area contributed by atoms with Crippen LogP contribution in [0.3, 0.4) is 0 Å². The van der Waals surface area contributed by atoms with Crippen LogP contribution in [0.2, 0.25) is 0 Å². The molecule has 3 rings (SSSR count). The molecule has 144 valence electrons. The van der Waals surface area contributed by atoms with Gasteiger partial charge in [-0.2, -0.15) is 0 Å². The second kappa shape index (κ2) is 7.55. The van der Waals surface area contributed by atoms with E-state index in [-0.39, 0.29) is 24.3 Å². The number of carbonyl (C=O) groups is 3. The predicted molar refractivity (Wildman–Crippen MR) is 101 cm³/mol. The van der Waals surface area contributed by atoms with Crippen molar-refractivity contribution in [3.63, 3.8) is 0 Å². The minimum Gasteiger partial charge on any atom is -0.481 e. The quantitative estimate of drug-likeness (QED) is 0.853. The van der Waals surface area contributed by atoms with Crippen LogP contribution in [0.15, 0.2) is 30.5 Å². The van der Waals surface area contributed by atoms with Crippen LogP contribution in [-0.4, -0.2) is 33.3 Å². The fourth-order valence-corrected chi connectivity index (χ4v) is 4.34.